The molecule has 0 atom stereocenters. The highest BCUT2D eigenvalue weighted by molar-refractivity contribution is 8.00. The molecule has 2 amide bonds. The number of halogens is 1. The number of nitrogens with two attached hydrogens (primary N) is 2. The third-order valence-electron chi connectivity index (χ3n) is 4.29. The molecule has 1 fully saturated rings. The average molecular weight is 433 g/mol. The van der Waals surface area contributed by atoms with Crippen LogP contribution in [-0.2, 0) is 9.53 Å². The Hall–Kier alpha value is -1.88. The number of likely N-dealkylation sites (tertiary alicyclic amines) is 1. The van der Waals surface area contributed by atoms with Gasteiger partial charge in [0.2, 0.25) is 11.8 Å². The molecule has 1 heterocycles. The summed E-state index contributed by atoms with van der Waals surface area (Å²) in [4.78, 5) is 36.3. The molecular formula is C17H25ClN4O5S. The molecule has 0 spiro atoms. The predicted octanol–water partition coefficient (Wildman–Crippen LogP) is 1.56. The average Bonchev–Trinajstić information content (AvgIpc) is 2.66. The fourth-order valence-electron chi connectivity index (χ4n) is 2.77. The number of thioether (sulfide) groups is 1. The zero-order chi connectivity index (χ0) is 19.8. The molecular weight excluding hydrogens is 408 g/mol. The summed E-state index contributed by atoms with van der Waals surface area (Å²) in [6.07, 6.45) is 2.52. The second-order valence-electron chi connectivity index (χ2n) is 6.19. The molecule has 1 aromatic carbocycles. The molecule has 1 aliphatic heterocycles. The number of carbonyl (C=O) groups is 2. The summed E-state index contributed by atoms with van der Waals surface area (Å²) in [5.41, 5.74) is 10.4. The van der Waals surface area contributed by atoms with Gasteiger partial charge in [-0.2, -0.15) is 0 Å². The van der Waals surface area contributed by atoms with E-state index in [1.807, 2.05) is 0 Å². The lowest BCUT2D eigenvalue weighted by molar-refractivity contribution is -0.387. The number of hydrogen-bond acceptors (Lipinski definition) is 7. The van der Waals surface area contributed by atoms with E-state index in [-0.39, 0.29) is 41.4 Å². The van der Waals surface area contributed by atoms with Gasteiger partial charge in [-0.3, -0.25) is 19.7 Å². The fraction of sp³-hybridized carbons (Fsp3) is 0.529. The molecule has 2 rings (SSSR count). The molecule has 9 nitrogen and oxygen atoms in total. The van der Waals surface area contributed by atoms with E-state index in [9.17, 15) is 19.7 Å². The van der Waals surface area contributed by atoms with Gasteiger partial charge in [-0.15, -0.1) is 24.2 Å². The van der Waals surface area contributed by atoms with Crippen molar-refractivity contribution < 1.29 is 19.2 Å². The summed E-state index contributed by atoms with van der Waals surface area (Å²) in [6, 6.07) is 4.01. The van der Waals surface area contributed by atoms with Gasteiger partial charge in [0.25, 0.3) is 5.69 Å². The summed E-state index contributed by atoms with van der Waals surface area (Å²) >= 11 is 1.09. The highest BCUT2D eigenvalue weighted by atomic mass is 35.5. The van der Waals surface area contributed by atoms with Crippen molar-refractivity contribution in [3.8, 4) is 0 Å². The van der Waals surface area contributed by atoms with Crippen LogP contribution in [-0.4, -0.2) is 59.7 Å². The van der Waals surface area contributed by atoms with Crippen molar-refractivity contribution in [3.05, 3.63) is 33.9 Å². The minimum absolute atomic E-state index is 0. The molecule has 1 aromatic rings. The number of amides is 2. The van der Waals surface area contributed by atoms with Crippen molar-refractivity contribution in [2.45, 2.75) is 30.3 Å². The zero-order valence-corrected chi connectivity index (χ0v) is 17.0. The summed E-state index contributed by atoms with van der Waals surface area (Å²) in [7, 11) is 0. The van der Waals surface area contributed by atoms with Gasteiger partial charge in [0.15, 0.2) is 0 Å². The lowest BCUT2D eigenvalue weighted by atomic mass is 10.1. The first-order chi connectivity index (χ1) is 12.9. The summed E-state index contributed by atoms with van der Waals surface area (Å²) in [5, 5.41) is 11.2. The Morgan fingerprint density at radius 1 is 1.32 bits per heavy atom. The van der Waals surface area contributed by atoms with Crippen LogP contribution in [0, 0.1) is 10.1 Å². The molecule has 1 saturated heterocycles. The number of carbonyl (C=O) groups excluding carboxylic acids is 2. The van der Waals surface area contributed by atoms with E-state index < -0.39 is 10.8 Å². The van der Waals surface area contributed by atoms with Crippen LogP contribution in [0.4, 0.5) is 5.69 Å². The standard InChI is InChI=1S/C17H24N4O5S.ClH/c18-6-1-9-26-13-4-7-20(8-5-13)16(22)11-27-15-3-2-12(17(19)23)10-14(15)21(24)25;/h2-3,10,13H,1,4-9,11,18H2,(H2,19,23);1H. The molecule has 0 saturated carbocycles. The van der Waals surface area contributed by atoms with Crippen LogP contribution >= 0.6 is 24.2 Å². The van der Waals surface area contributed by atoms with Crippen LogP contribution in [0.1, 0.15) is 29.6 Å². The second kappa shape index (κ2) is 11.8. The highest BCUT2D eigenvalue weighted by Gasteiger charge is 2.24. The molecule has 156 valence electrons. The van der Waals surface area contributed by atoms with E-state index in [0.717, 1.165) is 37.1 Å². The van der Waals surface area contributed by atoms with E-state index in [0.29, 0.717) is 31.1 Å². The van der Waals surface area contributed by atoms with Crippen molar-refractivity contribution in [1.29, 1.82) is 0 Å². The number of benzene rings is 1. The topological polar surface area (TPSA) is 142 Å². The van der Waals surface area contributed by atoms with E-state index >= 15 is 0 Å². The van der Waals surface area contributed by atoms with E-state index in [2.05, 4.69) is 0 Å². The van der Waals surface area contributed by atoms with Gasteiger partial charge >= 0.3 is 0 Å². The van der Waals surface area contributed by atoms with E-state index in [4.69, 9.17) is 16.2 Å². The minimum Gasteiger partial charge on any atom is -0.378 e. The van der Waals surface area contributed by atoms with Crippen molar-refractivity contribution in [2.24, 2.45) is 11.5 Å². The Balaban J connectivity index is 0.00000392. The number of nitro groups is 1. The smallest absolute Gasteiger partial charge is 0.283 e. The van der Waals surface area contributed by atoms with Gasteiger partial charge in [-0.25, -0.2) is 0 Å². The lowest BCUT2D eigenvalue weighted by Gasteiger charge is -2.32. The first-order valence-corrected chi connectivity index (χ1v) is 9.71. The van der Waals surface area contributed by atoms with Crippen LogP contribution < -0.4 is 11.5 Å². The number of ether oxygens (including phenoxy) is 1. The van der Waals surface area contributed by atoms with Crippen LogP contribution in [0.5, 0.6) is 0 Å². The van der Waals surface area contributed by atoms with Crippen molar-refractivity contribution in [1.82, 2.24) is 4.90 Å². The molecule has 0 aliphatic carbocycles. The molecule has 0 aromatic heterocycles. The maximum atomic E-state index is 12.4. The maximum Gasteiger partial charge on any atom is 0.283 e. The molecule has 1 aliphatic rings. The highest BCUT2D eigenvalue weighted by Crippen LogP contribution is 2.30. The molecule has 28 heavy (non-hydrogen) atoms. The third kappa shape index (κ3) is 6.93. The van der Waals surface area contributed by atoms with Gasteiger partial charge < -0.3 is 21.1 Å². The number of piperidine rings is 1. The molecule has 0 radical (unpaired) electrons. The van der Waals surface area contributed by atoms with E-state index in [1.54, 1.807) is 4.90 Å². The Morgan fingerprint density at radius 2 is 2.00 bits per heavy atom. The van der Waals surface area contributed by atoms with E-state index in [1.165, 1.54) is 12.1 Å². The molecule has 11 heteroatoms. The predicted molar refractivity (Wildman–Crippen MR) is 109 cm³/mol. The normalized spacial score (nSPS) is 14.4. The van der Waals surface area contributed by atoms with Crippen LogP contribution in [0.15, 0.2) is 23.1 Å². The van der Waals surface area contributed by atoms with Gasteiger partial charge in [-0.05, 0) is 37.9 Å². The van der Waals surface area contributed by atoms with Gasteiger partial charge in [0.05, 0.1) is 21.7 Å². The maximum absolute atomic E-state index is 12.4. The largest absolute Gasteiger partial charge is 0.378 e. The Labute approximate surface area is 173 Å². The molecule has 0 bridgehead atoms. The summed E-state index contributed by atoms with van der Waals surface area (Å²) in [6.45, 7) is 2.45. The monoisotopic (exact) mass is 432 g/mol. The summed E-state index contributed by atoms with van der Waals surface area (Å²) in [5.74, 6) is -0.717. The third-order valence-corrected chi connectivity index (χ3v) is 5.34. The zero-order valence-electron chi connectivity index (χ0n) is 15.4. The van der Waals surface area contributed by atoms with Crippen molar-refractivity contribution >= 4 is 41.7 Å². The molecule has 4 N–H and O–H groups in total. The van der Waals surface area contributed by atoms with Crippen LogP contribution in [0.2, 0.25) is 0 Å². The number of primary amides is 1. The van der Waals surface area contributed by atoms with Crippen molar-refractivity contribution in [3.63, 3.8) is 0 Å². The van der Waals surface area contributed by atoms with Crippen LogP contribution in [0.3, 0.4) is 0 Å². The first-order valence-electron chi connectivity index (χ1n) is 8.73. The van der Waals surface area contributed by atoms with Crippen molar-refractivity contribution in [2.75, 3.05) is 32.0 Å². The van der Waals surface area contributed by atoms with Gasteiger partial charge in [0.1, 0.15) is 0 Å². The minimum atomic E-state index is -0.734. The Bertz CT molecular complexity index is 698. The number of rotatable bonds is 9. The SMILES string of the molecule is Cl.NCCCOC1CCN(C(=O)CSc2ccc(C(N)=O)cc2[N+](=O)[O-])CC1. The van der Waals surface area contributed by atoms with Crippen LogP contribution in [0.25, 0.3) is 0 Å². The number of nitro benzene ring substituents is 1. The van der Waals surface area contributed by atoms with Gasteiger partial charge in [-0.1, -0.05) is 0 Å². The lowest BCUT2D eigenvalue weighted by Crippen LogP contribution is -2.41. The molecule has 0 unspecified atom stereocenters. The second-order valence-corrected chi connectivity index (χ2v) is 7.20. The number of nitrogens with zero attached hydrogens (tertiary/aromatic N) is 2. The fourth-order valence-corrected chi connectivity index (χ4v) is 3.68. The van der Waals surface area contributed by atoms with Gasteiger partial charge in [0, 0.05) is 31.3 Å². The Morgan fingerprint density at radius 3 is 2.57 bits per heavy atom. The first kappa shape index (κ1) is 24.2. The summed E-state index contributed by atoms with van der Waals surface area (Å²) < 4.78 is 5.72. The quantitative estimate of drug-likeness (QED) is 0.261. The number of hydrogen-bond donors (Lipinski definition) is 2. The Kier molecular flexibility index (Phi) is 10.2.